The molecule has 0 radical (unpaired) electrons. The molecule has 0 saturated carbocycles. The van der Waals surface area contributed by atoms with Crippen molar-refractivity contribution in [3.05, 3.63) is 69.0 Å². The lowest BCUT2D eigenvalue weighted by molar-refractivity contribution is -0.140. The Balaban J connectivity index is 0.000000599. The minimum atomic E-state index is -4.82. The van der Waals surface area contributed by atoms with Gasteiger partial charge in [0, 0.05) is 26.6 Å². The topological polar surface area (TPSA) is 40.6 Å². The van der Waals surface area contributed by atoms with Crippen LogP contribution in [-0.4, -0.2) is 41.2 Å². The number of benzene rings is 2. The second-order valence-electron chi connectivity index (χ2n) is 11.1. The molecule has 4 nitrogen and oxygen atoms in total. The molecule has 0 aliphatic heterocycles. The van der Waals surface area contributed by atoms with Crippen molar-refractivity contribution in [2.45, 2.75) is 111 Å². The SMILES string of the molecule is CCCC(C)(C(=O)N(C)C(C)c1ccc(F)c(C(F)(F)F)c1)c1ccc(Cl)c(Cl)c1.CCCC(CCC)N(CC)C(C)=O. The summed E-state index contributed by atoms with van der Waals surface area (Å²) in [5, 5.41) is 0.674. The summed E-state index contributed by atoms with van der Waals surface area (Å²) in [6.45, 7) is 14.2. The fourth-order valence-electron chi connectivity index (χ4n) is 5.38. The number of hydrogen-bond acceptors (Lipinski definition) is 2. The molecule has 0 fully saturated rings. The molecule has 0 N–H and O–H groups in total. The Bertz CT molecular complexity index is 1200. The lowest BCUT2D eigenvalue weighted by atomic mass is 9.77. The third kappa shape index (κ3) is 10.4. The molecule has 2 atom stereocenters. The first-order valence-electron chi connectivity index (χ1n) is 14.9. The van der Waals surface area contributed by atoms with E-state index in [9.17, 15) is 27.2 Å². The van der Waals surface area contributed by atoms with E-state index >= 15 is 0 Å². The van der Waals surface area contributed by atoms with Crippen molar-refractivity contribution in [3.8, 4) is 0 Å². The first-order valence-corrected chi connectivity index (χ1v) is 15.6. The van der Waals surface area contributed by atoms with E-state index in [0.29, 0.717) is 34.5 Å². The molecule has 2 aromatic carbocycles. The van der Waals surface area contributed by atoms with Gasteiger partial charge in [0.1, 0.15) is 5.82 Å². The minimum absolute atomic E-state index is 0.188. The summed E-state index contributed by atoms with van der Waals surface area (Å²) in [5.41, 5.74) is -1.46. The molecule has 10 heteroatoms. The zero-order valence-corrected chi connectivity index (χ0v) is 28.1. The summed E-state index contributed by atoms with van der Waals surface area (Å²) in [6.07, 6.45) is 0.974. The second-order valence-corrected chi connectivity index (χ2v) is 11.9. The van der Waals surface area contributed by atoms with Crippen LogP contribution in [0, 0.1) is 5.82 Å². The van der Waals surface area contributed by atoms with Gasteiger partial charge in [0.2, 0.25) is 11.8 Å². The standard InChI is InChI=1S/C22H23Cl2F4NO.C11H23NO/c1-5-10-21(3,15-7-8-17(23)18(24)12-15)20(30)29(4)13(2)14-6-9-19(25)16(11-14)22(26,27)28;1-5-8-11(9-6-2)12(7-3)10(4)13/h6-9,11-13H,5,10H2,1-4H3;11H,5-9H2,1-4H3. The molecule has 0 heterocycles. The van der Waals surface area contributed by atoms with E-state index in [-0.39, 0.29) is 17.4 Å². The number of alkyl halides is 3. The summed E-state index contributed by atoms with van der Waals surface area (Å²) in [7, 11) is 1.52. The summed E-state index contributed by atoms with van der Waals surface area (Å²) in [5.74, 6) is -1.42. The highest BCUT2D eigenvalue weighted by atomic mass is 35.5. The summed E-state index contributed by atoms with van der Waals surface area (Å²) >= 11 is 12.1. The Kier molecular flexibility index (Phi) is 15.5. The number of hydrogen-bond donors (Lipinski definition) is 0. The summed E-state index contributed by atoms with van der Waals surface area (Å²) < 4.78 is 52.9. The van der Waals surface area contributed by atoms with Crippen LogP contribution in [0.2, 0.25) is 10.0 Å². The molecule has 2 aromatic rings. The zero-order chi connectivity index (χ0) is 33.1. The summed E-state index contributed by atoms with van der Waals surface area (Å²) in [4.78, 5) is 28.1. The molecular weight excluding hydrogens is 603 g/mol. The molecule has 0 spiro atoms. The fourth-order valence-corrected chi connectivity index (χ4v) is 5.68. The van der Waals surface area contributed by atoms with E-state index in [1.54, 1.807) is 39.0 Å². The van der Waals surface area contributed by atoms with Crippen LogP contribution < -0.4 is 0 Å². The van der Waals surface area contributed by atoms with Gasteiger partial charge in [-0.25, -0.2) is 4.39 Å². The number of carbonyl (C=O) groups is 2. The zero-order valence-electron chi connectivity index (χ0n) is 26.5. The molecule has 242 valence electrons. The average Bonchev–Trinajstić information content (AvgIpc) is 2.93. The third-order valence-corrected chi connectivity index (χ3v) is 8.63. The molecular formula is C33H46Cl2F4N2O2. The van der Waals surface area contributed by atoms with Gasteiger partial charge in [-0.3, -0.25) is 9.59 Å². The first kappa shape index (κ1) is 38.7. The first-order chi connectivity index (χ1) is 20.0. The van der Waals surface area contributed by atoms with Gasteiger partial charge in [-0.15, -0.1) is 0 Å². The van der Waals surface area contributed by atoms with E-state index in [2.05, 4.69) is 20.8 Å². The maximum Gasteiger partial charge on any atom is 0.419 e. The van der Waals surface area contributed by atoms with Crippen molar-refractivity contribution < 1.29 is 27.2 Å². The second kappa shape index (κ2) is 17.2. The van der Waals surface area contributed by atoms with Crippen molar-refractivity contribution in [2.75, 3.05) is 13.6 Å². The van der Waals surface area contributed by atoms with Crippen molar-refractivity contribution in [3.63, 3.8) is 0 Å². The minimum Gasteiger partial charge on any atom is -0.340 e. The molecule has 0 aliphatic rings. The normalized spacial score (nSPS) is 13.6. The number of amides is 2. The van der Waals surface area contributed by atoms with E-state index in [0.717, 1.165) is 44.4 Å². The smallest absolute Gasteiger partial charge is 0.340 e. The summed E-state index contributed by atoms with van der Waals surface area (Å²) in [6, 6.07) is 7.51. The van der Waals surface area contributed by atoms with Crippen LogP contribution in [0.4, 0.5) is 17.6 Å². The molecule has 0 saturated heterocycles. The molecule has 2 amide bonds. The fraction of sp³-hybridized carbons (Fsp3) is 0.576. The molecule has 0 bridgehead atoms. The van der Waals surface area contributed by atoms with Gasteiger partial charge < -0.3 is 9.80 Å². The number of rotatable bonds is 12. The van der Waals surface area contributed by atoms with Gasteiger partial charge in [-0.2, -0.15) is 13.2 Å². The van der Waals surface area contributed by atoms with Gasteiger partial charge in [-0.1, -0.05) is 75.4 Å². The van der Waals surface area contributed by atoms with E-state index in [4.69, 9.17) is 23.2 Å². The van der Waals surface area contributed by atoms with Crippen molar-refractivity contribution in [1.29, 1.82) is 0 Å². The highest BCUT2D eigenvalue weighted by Gasteiger charge is 2.39. The van der Waals surface area contributed by atoms with Gasteiger partial charge in [0.25, 0.3) is 0 Å². The van der Waals surface area contributed by atoms with Crippen LogP contribution in [-0.2, 0) is 21.2 Å². The Hall–Kier alpha value is -2.32. The lowest BCUT2D eigenvalue weighted by Gasteiger charge is -2.36. The predicted molar refractivity (Wildman–Crippen MR) is 168 cm³/mol. The molecule has 2 unspecified atom stereocenters. The van der Waals surface area contributed by atoms with Crippen LogP contribution in [0.25, 0.3) is 0 Å². The van der Waals surface area contributed by atoms with Gasteiger partial charge in [0.15, 0.2) is 0 Å². The largest absolute Gasteiger partial charge is 0.419 e. The van der Waals surface area contributed by atoms with Crippen LogP contribution in [0.3, 0.4) is 0 Å². The van der Waals surface area contributed by atoms with Crippen LogP contribution in [0.1, 0.15) is 110 Å². The number of nitrogens with zero attached hydrogens (tertiary/aromatic N) is 2. The number of carbonyl (C=O) groups excluding carboxylic acids is 2. The number of likely N-dealkylation sites (N-methyl/N-ethyl adjacent to an activating group) is 1. The Morgan fingerprint density at radius 1 is 0.907 bits per heavy atom. The Labute approximate surface area is 264 Å². The molecule has 0 aromatic heterocycles. The quantitative estimate of drug-likeness (QED) is 0.215. The van der Waals surface area contributed by atoms with Crippen LogP contribution in [0.5, 0.6) is 0 Å². The van der Waals surface area contributed by atoms with Gasteiger partial charge >= 0.3 is 6.18 Å². The average molecular weight is 650 g/mol. The van der Waals surface area contributed by atoms with Gasteiger partial charge in [0.05, 0.1) is 27.1 Å². The van der Waals surface area contributed by atoms with Crippen molar-refractivity contribution in [1.82, 2.24) is 9.80 Å². The van der Waals surface area contributed by atoms with Gasteiger partial charge in [-0.05, 0) is 75.4 Å². The predicted octanol–water partition coefficient (Wildman–Crippen LogP) is 10.3. The Morgan fingerprint density at radius 3 is 1.93 bits per heavy atom. The van der Waals surface area contributed by atoms with E-state index in [1.807, 2.05) is 11.8 Å². The van der Waals surface area contributed by atoms with E-state index in [1.165, 1.54) is 18.0 Å². The molecule has 2 rings (SSSR count). The number of halogens is 6. The highest BCUT2D eigenvalue weighted by Crippen LogP contribution is 2.38. The van der Waals surface area contributed by atoms with Crippen molar-refractivity contribution in [2.24, 2.45) is 0 Å². The maximum atomic E-state index is 13.6. The third-order valence-electron chi connectivity index (χ3n) is 7.89. The molecule has 0 aliphatic carbocycles. The molecule has 43 heavy (non-hydrogen) atoms. The highest BCUT2D eigenvalue weighted by molar-refractivity contribution is 6.42. The maximum absolute atomic E-state index is 13.6. The lowest BCUT2D eigenvalue weighted by Crippen LogP contribution is -2.44. The Morgan fingerprint density at radius 2 is 1.49 bits per heavy atom. The van der Waals surface area contributed by atoms with Crippen LogP contribution >= 0.6 is 23.2 Å². The van der Waals surface area contributed by atoms with E-state index < -0.39 is 29.0 Å². The van der Waals surface area contributed by atoms with Crippen LogP contribution in [0.15, 0.2) is 36.4 Å². The van der Waals surface area contributed by atoms with Crippen molar-refractivity contribution >= 4 is 35.0 Å². The monoisotopic (exact) mass is 648 g/mol.